The zero-order chi connectivity index (χ0) is 11.1. The van der Waals surface area contributed by atoms with Gasteiger partial charge < -0.3 is 10.0 Å². The van der Waals surface area contributed by atoms with Crippen LogP contribution in [-0.2, 0) is 11.8 Å². The van der Waals surface area contributed by atoms with Gasteiger partial charge in [-0.2, -0.15) is 0 Å². The standard InChI is InChI=1S/C13H19NO/c1-13(2,9-15)11-5-4-6-12-10(11)7-8-14(12)3/h4-6,15H,7-9H2,1-3H3. The van der Waals surface area contributed by atoms with Gasteiger partial charge in [-0.15, -0.1) is 0 Å². The Morgan fingerprint density at radius 2 is 2.13 bits per heavy atom. The fourth-order valence-corrected chi connectivity index (χ4v) is 2.31. The normalized spacial score (nSPS) is 15.6. The third-order valence-electron chi connectivity index (χ3n) is 3.38. The molecule has 1 aromatic rings. The molecule has 1 N–H and O–H groups in total. The molecule has 0 amide bonds. The van der Waals surface area contributed by atoms with Gasteiger partial charge in [-0.25, -0.2) is 0 Å². The van der Waals surface area contributed by atoms with E-state index in [2.05, 4.69) is 44.0 Å². The maximum atomic E-state index is 9.43. The monoisotopic (exact) mass is 205 g/mol. The summed E-state index contributed by atoms with van der Waals surface area (Å²) >= 11 is 0. The number of anilines is 1. The van der Waals surface area contributed by atoms with Crippen LogP contribution in [0.15, 0.2) is 18.2 Å². The third kappa shape index (κ3) is 1.63. The molecule has 15 heavy (non-hydrogen) atoms. The average molecular weight is 205 g/mol. The summed E-state index contributed by atoms with van der Waals surface area (Å²) in [6.45, 7) is 5.49. The van der Waals surface area contributed by atoms with E-state index in [1.165, 1.54) is 16.8 Å². The summed E-state index contributed by atoms with van der Waals surface area (Å²) in [5.41, 5.74) is 3.91. The number of benzene rings is 1. The molecule has 0 aromatic heterocycles. The minimum atomic E-state index is -0.128. The van der Waals surface area contributed by atoms with Crippen LogP contribution in [0.1, 0.15) is 25.0 Å². The molecule has 1 aliphatic rings. The number of rotatable bonds is 2. The molecule has 1 heterocycles. The van der Waals surface area contributed by atoms with Crippen LogP contribution in [0.4, 0.5) is 5.69 Å². The van der Waals surface area contributed by atoms with E-state index in [1.807, 2.05) is 0 Å². The lowest BCUT2D eigenvalue weighted by atomic mass is 9.82. The van der Waals surface area contributed by atoms with Crippen LogP contribution in [0.3, 0.4) is 0 Å². The summed E-state index contributed by atoms with van der Waals surface area (Å²) in [5, 5.41) is 9.43. The molecule has 1 aliphatic heterocycles. The van der Waals surface area contributed by atoms with E-state index in [-0.39, 0.29) is 12.0 Å². The van der Waals surface area contributed by atoms with E-state index in [4.69, 9.17) is 0 Å². The Balaban J connectivity index is 2.51. The predicted octanol–water partition coefficient (Wildman–Crippen LogP) is 1.95. The average Bonchev–Trinajstić information content (AvgIpc) is 2.60. The number of fused-ring (bicyclic) bond motifs is 1. The smallest absolute Gasteiger partial charge is 0.0522 e. The molecule has 0 saturated carbocycles. The maximum absolute atomic E-state index is 9.43. The van der Waals surface area contributed by atoms with Crippen molar-refractivity contribution in [2.45, 2.75) is 25.7 Å². The summed E-state index contributed by atoms with van der Waals surface area (Å²) in [6, 6.07) is 6.40. The summed E-state index contributed by atoms with van der Waals surface area (Å²) < 4.78 is 0. The quantitative estimate of drug-likeness (QED) is 0.797. The Morgan fingerprint density at radius 3 is 2.80 bits per heavy atom. The minimum absolute atomic E-state index is 0.128. The van der Waals surface area contributed by atoms with Crippen molar-refractivity contribution in [1.82, 2.24) is 0 Å². The second-order valence-electron chi connectivity index (χ2n) is 5.02. The number of aliphatic hydroxyl groups excluding tert-OH is 1. The van der Waals surface area contributed by atoms with Gasteiger partial charge in [0.15, 0.2) is 0 Å². The van der Waals surface area contributed by atoms with Gasteiger partial charge in [-0.05, 0) is 23.6 Å². The Bertz CT molecular complexity index is 371. The molecule has 0 bridgehead atoms. The number of aliphatic hydroxyl groups is 1. The molecule has 0 spiro atoms. The highest BCUT2D eigenvalue weighted by molar-refractivity contribution is 5.61. The molecule has 0 aliphatic carbocycles. The summed E-state index contributed by atoms with van der Waals surface area (Å²) in [4.78, 5) is 2.28. The molecule has 0 saturated heterocycles. The van der Waals surface area contributed by atoms with Crippen LogP contribution in [0.2, 0.25) is 0 Å². The van der Waals surface area contributed by atoms with Crippen LogP contribution >= 0.6 is 0 Å². The molecule has 0 atom stereocenters. The highest BCUT2D eigenvalue weighted by Crippen LogP contribution is 2.35. The topological polar surface area (TPSA) is 23.5 Å². The van der Waals surface area contributed by atoms with Crippen LogP contribution in [0.5, 0.6) is 0 Å². The number of nitrogens with zero attached hydrogens (tertiary/aromatic N) is 1. The first-order valence-corrected chi connectivity index (χ1v) is 5.50. The SMILES string of the molecule is CN1CCc2c1cccc2C(C)(C)CO. The van der Waals surface area contributed by atoms with Gasteiger partial charge in [0.25, 0.3) is 0 Å². The molecular weight excluding hydrogens is 186 g/mol. The summed E-state index contributed by atoms with van der Waals surface area (Å²) in [6.07, 6.45) is 1.10. The van der Waals surface area contributed by atoms with E-state index in [9.17, 15) is 5.11 Å². The lowest BCUT2D eigenvalue weighted by Gasteiger charge is -2.25. The van der Waals surface area contributed by atoms with Crippen molar-refractivity contribution >= 4 is 5.69 Å². The van der Waals surface area contributed by atoms with Gasteiger partial charge in [0.1, 0.15) is 0 Å². The van der Waals surface area contributed by atoms with Gasteiger partial charge in [0, 0.05) is 24.7 Å². The van der Waals surface area contributed by atoms with E-state index in [1.54, 1.807) is 0 Å². The zero-order valence-electron chi connectivity index (χ0n) is 9.75. The third-order valence-corrected chi connectivity index (χ3v) is 3.38. The largest absolute Gasteiger partial charge is 0.395 e. The molecule has 2 rings (SSSR count). The van der Waals surface area contributed by atoms with Crippen molar-refractivity contribution in [2.75, 3.05) is 25.1 Å². The van der Waals surface area contributed by atoms with Crippen LogP contribution in [0.25, 0.3) is 0 Å². The number of hydrogen-bond acceptors (Lipinski definition) is 2. The molecule has 2 heteroatoms. The van der Waals surface area contributed by atoms with Crippen molar-refractivity contribution in [2.24, 2.45) is 0 Å². The van der Waals surface area contributed by atoms with Crippen LogP contribution in [-0.4, -0.2) is 25.3 Å². The second kappa shape index (κ2) is 3.53. The van der Waals surface area contributed by atoms with Gasteiger partial charge in [-0.3, -0.25) is 0 Å². The molecular formula is C13H19NO. The fraction of sp³-hybridized carbons (Fsp3) is 0.538. The maximum Gasteiger partial charge on any atom is 0.0522 e. The Morgan fingerprint density at radius 1 is 1.40 bits per heavy atom. The molecule has 0 fully saturated rings. The minimum Gasteiger partial charge on any atom is -0.395 e. The molecule has 0 radical (unpaired) electrons. The predicted molar refractivity (Wildman–Crippen MR) is 63.5 cm³/mol. The van der Waals surface area contributed by atoms with Gasteiger partial charge in [0.05, 0.1) is 6.61 Å². The highest BCUT2D eigenvalue weighted by Gasteiger charge is 2.27. The lowest BCUT2D eigenvalue weighted by Crippen LogP contribution is -2.23. The summed E-state index contributed by atoms with van der Waals surface area (Å²) in [7, 11) is 2.13. The second-order valence-corrected chi connectivity index (χ2v) is 5.02. The van der Waals surface area contributed by atoms with E-state index >= 15 is 0 Å². The fourth-order valence-electron chi connectivity index (χ4n) is 2.31. The van der Waals surface area contributed by atoms with Crippen molar-refractivity contribution in [3.8, 4) is 0 Å². The highest BCUT2D eigenvalue weighted by atomic mass is 16.3. The molecule has 2 nitrogen and oxygen atoms in total. The van der Waals surface area contributed by atoms with Gasteiger partial charge in [0.2, 0.25) is 0 Å². The van der Waals surface area contributed by atoms with E-state index in [0.717, 1.165) is 13.0 Å². The lowest BCUT2D eigenvalue weighted by molar-refractivity contribution is 0.218. The van der Waals surface area contributed by atoms with Crippen LogP contribution in [0, 0.1) is 0 Å². The molecule has 82 valence electrons. The summed E-state index contributed by atoms with van der Waals surface area (Å²) in [5.74, 6) is 0. The van der Waals surface area contributed by atoms with Gasteiger partial charge in [-0.1, -0.05) is 26.0 Å². The first-order valence-electron chi connectivity index (χ1n) is 5.50. The molecule has 0 unspecified atom stereocenters. The van der Waals surface area contributed by atoms with Crippen molar-refractivity contribution in [1.29, 1.82) is 0 Å². The number of hydrogen-bond donors (Lipinski definition) is 1. The van der Waals surface area contributed by atoms with Crippen molar-refractivity contribution < 1.29 is 5.11 Å². The zero-order valence-corrected chi connectivity index (χ0v) is 9.75. The number of likely N-dealkylation sites (N-methyl/N-ethyl adjacent to an activating group) is 1. The molecule has 1 aromatic carbocycles. The Labute approximate surface area is 91.5 Å². The van der Waals surface area contributed by atoms with E-state index in [0.29, 0.717) is 0 Å². The first kappa shape index (κ1) is 10.5. The first-order chi connectivity index (χ1) is 7.06. The van der Waals surface area contributed by atoms with Gasteiger partial charge >= 0.3 is 0 Å². The van der Waals surface area contributed by atoms with Crippen molar-refractivity contribution in [3.63, 3.8) is 0 Å². The van der Waals surface area contributed by atoms with E-state index < -0.39 is 0 Å². The van der Waals surface area contributed by atoms with Crippen LogP contribution < -0.4 is 4.90 Å². The Kier molecular flexibility index (Phi) is 2.47. The van der Waals surface area contributed by atoms with Crippen molar-refractivity contribution in [3.05, 3.63) is 29.3 Å². The Hall–Kier alpha value is -1.02.